The predicted molar refractivity (Wildman–Crippen MR) is 76.4 cm³/mol. The van der Waals surface area contributed by atoms with Crippen LogP contribution in [-0.2, 0) is 9.59 Å². The molecule has 5 heteroatoms. The van der Waals surface area contributed by atoms with E-state index in [-0.39, 0.29) is 23.3 Å². The Morgan fingerprint density at radius 2 is 2.20 bits per heavy atom. The predicted octanol–water partition coefficient (Wildman–Crippen LogP) is 1.48. The van der Waals surface area contributed by atoms with Crippen molar-refractivity contribution in [1.29, 1.82) is 0 Å². The van der Waals surface area contributed by atoms with Crippen LogP contribution in [0, 0.1) is 11.3 Å². The monoisotopic (exact) mass is 282 g/mol. The molecule has 5 nitrogen and oxygen atoms in total. The smallest absolute Gasteiger partial charge is 0.306 e. The fourth-order valence-electron chi connectivity index (χ4n) is 3.61. The quantitative estimate of drug-likeness (QED) is 0.822. The Balaban J connectivity index is 2.07. The summed E-state index contributed by atoms with van der Waals surface area (Å²) in [4.78, 5) is 25.9. The normalized spacial score (nSPS) is 34.8. The number of carboxylic acid groups (broad SMARTS) is 1. The van der Waals surface area contributed by atoms with Gasteiger partial charge in [0.05, 0.1) is 11.3 Å². The molecule has 0 bridgehead atoms. The van der Waals surface area contributed by atoms with Gasteiger partial charge in [-0.25, -0.2) is 0 Å². The zero-order chi connectivity index (χ0) is 14.8. The summed E-state index contributed by atoms with van der Waals surface area (Å²) in [5.41, 5.74) is -0.275. The highest BCUT2D eigenvalue weighted by atomic mass is 16.4. The van der Waals surface area contributed by atoms with Crippen LogP contribution in [0.2, 0.25) is 0 Å². The van der Waals surface area contributed by atoms with Crippen LogP contribution in [0.4, 0.5) is 0 Å². The molecule has 1 amide bonds. The maximum atomic E-state index is 12.9. The molecule has 0 aromatic carbocycles. The fraction of sp³-hybridized carbons (Fsp3) is 0.867. The molecule has 2 saturated heterocycles. The first-order valence-electron chi connectivity index (χ1n) is 7.75. The van der Waals surface area contributed by atoms with Crippen molar-refractivity contribution < 1.29 is 14.7 Å². The summed E-state index contributed by atoms with van der Waals surface area (Å²) in [6.45, 7) is 6.39. The van der Waals surface area contributed by atoms with Crippen molar-refractivity contribution in [3.63, 3.8) is 0 Å². The lowest BCUT2D eigenvalue weighted by Crippen LogP contribution is -2.56. The van der Waals surface area contributed by atoms with Crippen LogP contribution in [0.1, 0.15) is 46.0 Å². The number of hydrogen-bond acceptors (Lipinski definition) is 3. The highest BCUT2D eigenvalue weighted by Gasteiger charge is 2.43. The van der Waals surface area contributed by atoms with Crippen molar-refractivity contribution in [2.75, 3.05) is 19.6 Å². The van der Waals surface area contributed by atoms with E-state index in [4.69, 9.17) is 5.11 Å². The third kappa shape index (κ3) is 2.82. The second-order valence-corrected chi connectivity index (χ2v) is 6.32. The van der Waals surface area contributed by atoms with E-state index < -0.39 is 5.97 Å². The lowest BCUT2D eigenvalue weighted by atomic mass is 9.76. The standard InChI is InChI=1S/C15H26N2O3/c1-3-15(6-4-7-16-10-15)14(20)17-8-5-12(13(18)19)9-11(17)2/h11-12,16H,3-10H2,1-2H3,(H,18,19). The lowest BCUT2D eigenvalue weighted by Gasteiger charge is -2.44. The molecular formula is C15H26N2O3. The van der Waals surface area contributed by atoms with E-state index in [2.05, 4.69) is 12.2 Å². The second-order valence-electron chi connectivity index (χ2n) is 6.32. The second kappa shape index (κ2) is 6.12. The van der Waals surface area contributed by atoms with Crippen molar-refractivity contribution in [3.05, 3.63) is 0 Å². The number of amides is 1. The summed E-state index contributed by atoms with van der Waals surface area (Å²) in [7, 11) is 0. The molecule has 2 aliphatic heterocycles. The van der Waals surface area contributed by atoms with Crippen LogP contribution >= 0.6 is 0 Å². The molecule has 20 heavy (non-hydrogen) atoms. The van der Waals surface area contributed by atoms with Crippen molar-refractivity contribution in [1.82, 2.24) is 10.2 Å². The summed E-state index contributed by atoms with van der Waals surface area (Å²) >= 11 is 0. The molecule has 2 heterocycles. The van der Waals surface area contributed by atoms with Crippen molar-refractivity contribution in [3.8, 4) is 0 Å². The third-order valence-corrected chi connectivity index (χ3v) is 5.09. The summed E-state index contributed by atoms with van der Waals surface area (Å²) < 4.78 is 0. The van der Waals surface area contributed by atoms with E-state index in [0.717, 1.165) is 32.4 Å². The minimum atomic E-state index is -0.728. The van der Waals surface area contributed by atoms with Gasteiger partial charge in [-0.2, -0.15) is 0 Å². The minimum absolute atomic E-state index is 0.0303. The van der Waals surface area contributed by atoms with Gasteiger partial charge in [0, 0.05) is 19.1 Å². The molecule has 0 aromatic rings. The molecule has 2 aliphatic rings. The average Bonchev–Trinajstić information content (AvgIpc) is 2.47. The van der Waals surface area contributed by atoms with Gasteiger partial charge >= 0.3 is 5.97 Å². The van der Waals surface area contributed by atoms with E-state index in [1.165, 1.54) is 0 Å². The van der Waals surface area contributed by atoms with E-state index >= 15 is 0 Å². The highest BCUT2D eigenvalue weighted by Crippen LogP contribution is 2.35. The number of hydrogen-bond donors (Lipinski definition) is 2. The molecule has 114 valence electrons. The molecule has 0 aromatic heterocycles. The van der Waals surface area contributed by atoms with Gasteiger partial charge < -0.3 is 15.3 Å². The SMILES string of the molecule is CCC1(C(=O)N2CCC(C(=O)O)CC2C)CCCNC1. The van der Waals surface area contributed by atoms with Gasteiger partial charge in [0.2, 0.25) is 5.91 Å². The number of carbonyl (C=O) groups excluding carboxylic acids is 1. The number of carboxylic acids is 1. The Morgan fingerprint density at radius 1 is 1.45 bits per heavy atom. The Kier molecular flexibility index (Phi) is 4.68. The minimum Gasteiger partial charge on any atom is -0.481 e. The van der Waals surface area contributed by atoms with Gasteiger partial charge in [-0.3, -0.25) is 9.59 Å². The third-order valence-electron chi connectivity index (χ3n) is 5.09. The first kappa shape index (κ1) is 15.3. The van der Waals surface area contributed by atoms with Gasteiger partial charge in [0.15, 0.2) is 0 Å². The van der Waals surface area contributed by atoms with E-state index in [0.29, 0.717) is 19.4 Å². The molecular weight excluding hydrogens is 256 g/mol. The van der Waals surface area contributed by atoms with Gasteiger partial charge in [0.25, 0.3) is 0 Å². The fourth-order valence-corrected chi connectivity index (χ4v) is 3.61. The molecule has 2 N–H and O–H groups in total. The highest BCUT2D eigenvalue weighted by molar-refractivity contribution is 5.84. The number of rotatable bonds is 3. The Hall–Kier alpha value is -1.10. The van der Waals surface area contributed by atoms with Gasteiger partial charge in [-0.05, 0) is 45.6 Å². The zero-order valence-corrected chi connectivity index (χ0v) is 12.5. The van der Waals surface area contributed by atoms with E-state index in [1.807, 2.05) is 11.8 Å². The van der Waals surface area contributed by atoms with Gasteiger partial charge in [0.1, 0.15) is 0 Å². The summed E-state index contributed by atoms with van der Waals surface area (Å²) in [6, 6.07) is 0.0303. The first-order chi connectivity index (χ1) is 9.50. The van der Waals surface area contributed by atoms with Gasteiger partial charge in [-0.1, -0.05) is 6.92 Å². The van der Waals surface area contributed by atoms with Crippen LogP contribution < -0.4 is 5.32 Å². The lowest BCUT2D eigenvalue weighted by molar-refractivity contribution is -0.153. The Labute approximate surface area is 120 Å². The van der Waals surface area contributed by atoms with E-state index in [1.54, 1.807) is 0 Å². The number of piperidine rings is 2. The number of likely N-dealkylation sites (tertiary alicyclic amines) is 1. The number of aliphatic carboxylic acids is 1. The summed E-state index contributed by atoms with van der Waals surface area (Å²) in [6.07, 6.45) is 4.00. The number of carbonyl (C=O) groups is 2. The first-order valence-corrected chi connectivity index (χ1v) is 7.75. The Morgan fingerprint density at radius 3 is 2.70 bits per heavy atom. The molecule has 2 fully saturated rings. The maximum Gasteiger partial charge on any atom is 0.306 e. The molecule has 3 atom stereocenters. The number of nitrogens with one attached hydrogen (secondary N) is 1. The van der Waals surface area contributed by atoms with Crippen LogP contribution in [0.5, 0.6) is 0 Å². The zero-order valence-electron chi connectivity index (χ0n) is 12.5. The van der Waals surface area contributed by atoms with Gasteiger partial charge in [-0.15, -0.1) is 0 Å². The van der Waals surface area contributed by atoms with Crippen LogP contribution in [0.25, 0.3) is 0 Å². The topological polar surface area (TPSA) is 69.6 Å². The van der Waals surface area contributed by atoms with Crippen LogP contribution in [0.3, 0.4) is 0 Å². The molecule has 2 rings (SSSR count). The summed E-state index contributed by atoms with van der Waals surface area (Å²) in [5, 5.41) is 12.5. The van der Waals surface area contributed by atoms with Crippen molar-refractivity contribution in [2.45, 2.75) is 52.0 Å². The number of nitrogens with zero attached hydrogens (tertiary/aromatic N) is 1. The summed E-state index contributed by atoms with van der Waals surface area (Å²) in [5.74, 6) is -0.798. The molecule has 0 saturated carbocycles. The van der Waals surface area contributed by atoms with Crippen molar-refractivity contribution in [2.24, 2.45) is 11.3 Å². The molecule has 0 spiro atoms. The molecule has 0 aliphatic carbocycles. The van der Waals surface area contributed by atoms with Crippen molar-refractivity contribution >= 4 is 11.9 Å². The molecule has 3 unspecified atom stereocenters. The van der Waals surface area contributed by atoms with E-state index in [9.17, 15) is 9.59 Å². The largest absolute Gasteiger partial charge is 0.481 e. The maximum absolute atomic E-state index is 12.9. The average molecular weight is 282 g/mol. The molecule has 0 radical (unpaired) electrons. The van der Waals surface area contributed by atoms with Crippen LogP contribution in [-0.4, -0.2) is 47.6 Å². The Bertz CT molecular complexity index is 377. The van der Waals surface area contributed by atoms with Crippen LogP contribution in [0.15, 0.2) is 0 Å².